The van der Waals surface area contributed by atoms with E-state index in [0.29, 0.717) is 11.3 Å². The van der Waals surface area contributed by atoms with E-state index in [1.54, 1.807) is 32.3 Å². The van der Waals surface area contributed by atoms with Gasteiger partial charge in [-0.1, -0.05) is 35.5 Å². The van der Waals surface area contributed by atoms with E-state index in [0.717, 1.165) is 11.1 Å². The first-order valence-corrected chi connectivity index (χ1v) is 11.3. The van der Waals surface area contributed by atoms with Crippen LogP contribution >= 0.6 is 0 Å². The zero-order valence-electron chi connectivity index (χ0n) is 20.3. The van der Waals surface area contributed by atoms with Crippen molar-refractivity contribution in [2.45, 2.75) is 19.4 Å². The fourth-order valence-corrected chi connectivity index (χ4v) is 3.58. The molecule has 0 radical (unpaired) electrons. The standard InChI is InChI=1S/C25H25F2N7O3/c1-14-11-16(9-10-17(14)24(36)34(2)3)29-25-28-12-18(23-31-22(20(26)27)33-37-23)21(32-25)30-19(13-35)15-7-5-4-6-8-15/h4-12,19-20,35H,13H2,1-3H3,(H2,28,29,30,32)/t19-/m1/s1. The molecule has 0 aliphatic carbocycles. The van der Waals surface area contributed by atoms with Gasteiger partial charge in [-0.05, 0) is 36.2 Å². The predicted octanol–water partition coefficient (Wildman–Crippen LogP) is 4.36. The summed E-state index contributed by atoms with van der Waals surface area (Å²) in [6, 6.07) is 13.8. The number of anilines is 3. The van der Waals surface area contributed by atoms with Crippen molar-refractivity contribution in [2.24, 2.45) is 0 Å². The van der Waals surface area contributed by atoms with E-state index in [9.17, 15) is 18.7 Å². The molecule has 0 spiro atoms. The summed E-state index contributed by atoms with van der Waals surface area (Å²) in [6.45, 7) is 1.55. The Morgan fingerprint density at radius 2 is 1.89 bits per heavy atom. The second-order valence-electron chi connectivity index (χ2n) is 8.36. The summed E-state index contributed by atoms with van der Waals surface area (Å²) in [7, 11) is 3.36. The monoisotopic (exact) mass is 509 g/mol. The molecular formula is C25H25F2N7O3. The van der Waals surface area contributed by atoms with Gasteiger partial charge in [0.05, 0.1) is 12.6 Å². The largest absolute Gasteiger partial charge is 0.394 e. The third kappa shape index (κ3) is 5.86. The van der Waals surface area contributed by atoms with Crippen LogP contribution in [0.3, 0.4) is 0 Å². The Hall–Kier alpha value is -4.45. The van der Waals surface area contributed by atoms with Gasteiger partial charge >= 0.3 is 6.43 Å². The lowest BCUT2D eigenvalue weighted by molar-refractivity contribution is 0.0827. The summed E-state index contributed by atoms with van der Waals surface area (Å²) in [4.78, 5) is 26.3. The van der Waals surface area contributed by atoms with Crippen LogP contribution in [0.15, 0.2) is 59.3 Å². The average molecular weight is 510 g/mol. The molecule has 10 nitrogen and oxygen atoms in total. The fraction of sp³-hybridized carbons (Fsp3) is 0.240. The zero-order valence-corrected chi connectivity index (χ0v) is 20.3. The van der Waals surface area contributed by atoms with Crippen LogP contribution in [0.4, 0.5) is 26.2 Å². The van der Waals surface area contributed by atoms with E-state index < -0.39 is 18.3 Å². The van der Waals surface area contributed by atoms with Gasteiger partial charge in [-0.3, -0.25) is 4.79 Å². The maximum atomic E-state index is 13.0. The Kier molecular flexibility index (Phi) is 7.68. The van der Waals surface area contributed by atoms with Gasteiger partial charge in [-0.15, -0.1) is 0 Å². The molecule has 4 rings (SSSR count). The second kappa shape index (κ2) is 11.1. The summed E-state index contributed by atoms with van der Waals surface area (Å²) < 4.78 is 31.1. The Morgan fingerprint density at radius 3 is 2.51 bits per heavy atom. The molecule has 1 amide bonds. The van der Waals surface area contributed by atoms with Gasteiger partial charge in [0.2, 0.25) is 11.8 Å². The van der Waals surface area contributed by atoms with Crippen LogP contribution in [-0.4, -0.2) is 56.7 Å². The second-order valence-corrected chi connectivity index (χ2v) is 8.36. The molecule has 0 saturated heterocycles. The number of amides is 1. The SMILES string of the molecule is Cc1cc(Nc2ncc(-c3nc(C(F)F)no3)c(N[C@H](CO)c3ccccc3)n2)ccc1C(=O)N(C)C. The van der Waals surface area contributed by atoms with Crippen molar-refractivity contribution in [3.63, 3.8) is 0 Å². The molecular weight excluding hydrogens is 484 g/mol. The van der Waals surface area contributed by atoms with Crippen LogP contribution < -0.4 is 10.6 Å². The van der Waals surface area contributed by atoms with Crippen molar-refractivity contribution in [1.29, 1.82) is 0 Å². The zero-order chi connectivity index (χ0) is 26.5. The molecule has 0 unspecified atom stereocenters. The molecule has 2 heterocycles. The van der Waals surface area contributed by atoms with Gasteiger partial charge in [0, 0.05) is 31.5 Å². The van der Waals surface area contributed by atoms with Gasteiger partial charge in [-0.2, -0.15) is 9.97 Å². The molecule has 37 heavy (non-hydrogen) atoms. The first kappa shape index (κ1) is 25.6. The highest BCUT2D eigenvalue weighted by molar-refractivity contribution is 5.95. The topological polar surface area (TPSA) is 129 Å². The molecule has 0 fully saturated rings. The summed E-state index contributed by atoms with van der Waals surface area (Å²) >= 11 is 0. The number of aliphatic hydroxyl groups is 1. The number of aliphatic hydroxyl groups excluding tert-OH is 1. The number of aryl methyl sites for hydroxylation is 1. The third-order valence-electron chi connectivity index (χ3n) is 5.47. The van der Waals surface area contributed by atoms with Crippen LogP contribution in [-0.2, 0) is 0 Å². The molecule has 0 aliphatic heterocycles. The van der Waals surface area contributed by atoms with Crippen LogP contribution in [0.25, 0.3) is 11.5 Å². The summed E-state index contributed by atoms with van der Waals surface area (Å²) in [6.07, 6.45) is -1.55. The highest BCUT2D eigenvalue weighted by atomic mass is 19.3. The fourth-order valence-electron chi connectivity index (χ4n) is 3.58. The molecule has 0 aliphatic rings. The summed E-state index contributed by atoms with van der Waals surface area (Å²) in [5.74, 6) is -0.712. The average Bonchev–Trinajstić information content (AvgIpc) is 3.38. The Bertz CT molecular complexity index is 1380. The van der Waals surface area contributed by atoms with E-state index in [2.05, 4.69) is 30.7 Å². The maximum Gasteiger partial charge on any atom is 0.300 e. The smallest absolute Gasteiger partial charge is 0.300 e. The number of benzene rings is 2. The van der Waals surface area contributed by atoms with Crippen molar-refractivity contribution in [1.82, 2.24) is 25.0 Å². The van der Waals surface area contributed by atoms with E-state index in [4.69, 9.17) is 4.52 Å². The first-order chi connectivity index (χ1) is 17.8. The number of rotatable bonds is 9. The Balaban J connectivity index is 1.68. The summed E-state index contributed by atoms with van der Waals surface area (Å²) in [5, 5.41) is 19.5. The molecule has 4 aromatic rings. The maximum absolute atomic E-state index is 13.0. The number of hydrogen-bond donors (Lipinski definition) is 3. The Morgan fingerprint density at radius 1 is 1.14 bits per heavy atom. The van der Waals surface area contributed by atoms with E-state index in [-0.39, 0.29) is 35.7 Å². The molecule has 0 bridgehead atoms. The van der Waals surface area contributed by atoms with Gasteiger partial charge in [0.1, 0.15) is 11.4 Å². The highest BCUT2D eigenvalue weighted by Crippen LogP contribution is 2.31. The van der Waals surface area contributed by atoms with Crippen molar-refractivity contribution < 1.29 is 23.2 Å². The molecule has 3 N–H and O–H groups in total. The van der Waals surface area contributed by atoms with Crippen LogP contribution in [0.2, 0.25) is 0 Å². The minimum Gasteiger partial charge on any atom is -0.394 e. The minimum atomic E-state index is -2.91. The predicted molar refractivity (Wildman–Crippen MR) is 133 cm³/mol. The van der Waals surface area contributed by atoms with Crippen LogP contribution in [0, 0.1) is 6.92 Å². The van der Waals surface area contributed by atoms with Crippen LogP contribution in [0.1, 0.15) is 39.8 Å². The van der Waals surface area contributed by atoms with Gasteiger partial charge in [0.15, 0.2) is 0 Å². The number of hydrogen-bond acceptors (Lipinski definition) is 9. The van der Waals surface area contributed by atoms with Gasteiger partial charge in [-0.25, -0.2) is 13.8 Å². The molecule has 12 heteroatoms. The van der Waals surface area contributed by atoms with Gasteiger partial charge in [0.25, 0.3) is 11.8 Å². The molecule has 2 aromatic heterocycles. The van der Waals surface area contributed by atoms with E-state index in [1.807, 2.05) is 37.3 Å². The first-order valence-electron chi connectivity index (χ1n) is 11.3. The number of nitrogens with zero attached hydrogens (tertiary/aromatic N) is 5. The van der Waals surface area contributed by atoms with E-state index >= 15 is 0 Å². The quantitative estimate of drug-likeness (QED) is 0.301. The van der Waals surface area contributed by atoms with Crippen molar-refractivity contribution in [3.05, 3.63) is 77.2 Å². The van der Waals surface area contributed by atoms with Gasteiger partial charge < -0.3 is 25.2 Å². The lowest BCUT2D eigenvalue weighted by Crippen LogP contribution is -2.22. The number of alkyl halides is 2. The molecule has 192 valence electrons. The normalized spacial score (nSPS) is 11.9. The summed E-state index contributed by atoms with van der Waals surface area (Å²) in [5.41, 5.74) is 2.91. The number of carbonyl (C=O) groups is 1. The van der Waals surface area contributed by atoms with Crippen molar-refractivity contribution in [2.75, 3.05) is 31.3 Å². The molecule has 0 saturated carbocycles. The van der Waals surface area contributed by atoms with Crippen LogP contribution in [0.5, 0.6) is 0 Å². The number of aromatic nitrogens is 4. The van der Waals surface area contributed by atoms with Crippen molar-refractivity contribution in [3.8, 4) is 11.5 Å². The number of nitrogens with one attached hydrogen (secondary N) is 2. The molecule has 1 atom stereocenters. The third-order valence-corrected chi connectivity index (χ3v) is 5.47. The number of carbonyl (C=O) groups excluding carboxylic acids is 1. The number of halogens is 2. The van der Waals surface area contributed by atoms with Crippen molar-refractivity contribution >= 4 is 23.4 Å². The Labute approximate surface area is 211 Å². The lowest BCUT2D eigenvalue weighted by Gasteiger charge is -2.19. The van der Waals surface area contributed by atoms with E-state index in [1.165, 1.54) is 11.1 Å². The molecule has 2 aromatic carbocycles. The minimum absolute atomic E-state index is 0.116. The highest BCUT2D eigenvalue weighted by Gasteiger charge is 2.22. The lowest BCUT2D eigenvalue weighted by atomic mass is 10.1.